The summed E-state index contributed by atoms with van der Waals surface area (Å²) >= 11 is 0. The van der Waals surface area contributed by atoms with Crippen LogP contribution in [0, 0.1) is 0 Å². The molecule has 0 aliphatic heterocycles. The molecule has 154 valence electrons. The first kappa shape index (κ1) is 26.0. The normalized spacial score (nSPS) is 11.1. The van der Waals surface area contributed by atoms with Gasteiger partial charge in [0.05, 0.1) is 4.90 Å². The minimum atomic E-state index is -4.58. The zero-order valence-electron chi connectivity index (χ0n) is 17.4. The molecule has 0 aliphatic rings. The van der Waals surface area contributed by atoms with Gasteiger partial charge in [0.25, 0.3) is 10.1 Å². The van der Waals surface area contributed by atoms with Gasteiger partial charge in [-0.05, 0) is 42.4 Å². The van der Waals surface area contributed by atoms with E-state index in [2.05, 4.69) is 6.92 Å². The molecule has 0 saturated carbocycles. The molecule has 1 N–H and O–H groups in total. The Balaban J connectivity index is 0.00000420. The molecule has 0 aliphatic carbocycles. The molecule has 0 bridgehead atoms. The van der Waals surface area contributed by atoms with E-state index in [1.807, 2.05) is 18.2 Å². The summed E-state index contributed by atoms with van der Waals surface area (Å²) in [5.41, 5.74) is 0.977. The Morgan fingerprint density at radius 3 is 2.10 bits per heavy atom. The molecule has 0 heterocycles. The average molecular weight is 429 g/mol. The number of benzene rings is 2. The molecule has 2 aromatic rings. The van der Waals surface area contributed by atoms with Crippen LogP contribution in [0.5, 0.6) is 17.2 Å². The number of unbranched alkanes of at least 4 members (excludes halogenated alkanes) is 7. The second kappa shape index (κ2) is 13.3. The largest absolute Gasteiger partial charge is 1.00 e. The van der Waals surface area contributed by atoms with Gasteiger partial charge in [-0.15, -0.1) is 0 Å². The van der Waals surface area contributed by atoms with Gasteiger partial charge in [-0.25, -0.2) is 0 Å². The molecule has 0 amide bonds. The Labute approximate surface area is 196 Å². The van der Waals surface area contributed by atoms with Gasteiger partial charge in [0.2, 0.25) is 0 Å². The van der Waals surface area contributed by atoms with E-state index in [1.165, 1.54) is 50.7 Å². The molecule has 0 spiro atoms. The van der Waals surface area contributed by atoms with Crippen LogP contribution in [0.3, 0.4) is 0 Å². The Morgan fingerprint density at radius 2 is 1.45 bits per heavy atom. The SMILES string of the molecule is CCCCCCCCCCc1ccccc1Oc1cccc(S(=O)(=O)O)c1[O-].[Na+]. The second-order valence-corrected chi connectivity index (χ2v) is 8.38. The van der Waals surface area contributed by atoms with Crippen molar-refractivity contribution in [3.63, 3.8) is 0 Å². The van der Waals surface area contributed by atoms with Crippen LogP contribution in [-0.4, -0.2) is 13.0 Å². The number of hydrogen-bond donors (Lipinski definition) is 1. The molecular formula is C22H29NaO5S. The van der Waals surface area contributed by atoms with Crippen LogP contribution < -0.4 is 39.4 Å². The van der Waals surface area contributed by atoms with E-state index < -0.39 is 20.8 Å². The Kier molecular flexibility index (Phi) is 11.9. The zero-order valence-corrected chi connectivity index (χ0v) is 20.2. The summed E-state index contributed by atoms with van der Waals surface area (Å²) in [6.07, 6.45) is 10.7. The van der Waals surface area contributed by atoms with Gasteiger partial charge in [-0.1, -0.05) is 76.1 Å². The molecular weight excluding hydrogens is 399 g/mol. The van der Waals surface area contributed by atoms with Gasteiger partial charge in [0.15, 0.2) is 0 Å². The van der Waals surface area contributed by atoms with Crippen molar-refractivity contribution in [3.05, 3.63) is 48.0 Å². The van der Waals surface area contributed by atoms with Gasteiger partial charge in [0, 0.05) is 0 Å². The molecule has 0 radical (unpaired) electrons. The van der Waals surface area contributed by atoms with Gasteiger partial charge < -0.3 is 9.84 Å². The molecule has 2 rings (SSSR count). The number of ether oxygens (including phenoxy) is 1. The fraction of sp³-hybridized carbons (Fsp3) is 0.455. The van der Waals surface area contributed by atoms with E-state index in [1.54, 1.807) is 6.07 Å². The Bertz CT molecular complexity index is 852. The smallest absolute Gasteiger partial charge is 0.869 e. The van der Waals surface area contributed by atoms with Gasteiger partial charge in [-0.2, -0.15) is 8.42 Å². The first-order chi connectivity index (χ1) is 13.4. The second-order valence-electron chi connectivity index (χ2n) is 6.99. The van der Waals surface area contributed by atoms with E-state index in [-0.39, 0.29) is 35.3 Å². The van der Waals surface area contributed by atoms with Crippen LogP contribution in [0.15, 0.2) is 47.4 Å². The first-order valence-electron chi connectivity index (χ1n) is 9.96. The van der Waals surface area contributed by atoms with Crippen LogP contribution in [0.4, 0.5) is 0 Å². The molecule has 29 heavy (non-hydrogen) atoms. The summed E-state index contributed by atoms with van der Waals surface area (Å²) < 4.78 is 37.5. The number of para-hydroxylation sites is 2. The van der Waals surface area contributed by atoms with Crippen molar-refractivity contribution < 1.29 is 52.4 Å². The molecule has 0 saturated heterocycles. The number of aryl methyl sites for hydroxylation is 1. The van der Waals surface area contributed by atoms with Crippen molar-refractivity contribution in [2.45, 2.75) is 69.6 Å². The summed E-state index contributed by atoms with van der Waals surface area (Å²) in [5.74, 6) is -0.416. The maximum atomic E-state index is 12.3. The molecule has 0 fully saturated rings. The minimum Gasteiger partial charge on any atom is -0.869 e. The standard InChI is InChI=1S/C22H30O5S.Na/c1-2-3-4-5-6-7-8-9-13-18-14-10-11-15-19(18)27-20-16-12-17-21(22(20)23)28(24,25)26;/h10-12,14-17,23H,2-9,13H2,1H3,(H,24,25,26);/q;+1/p-1. The van der Waals surface area contributed by atoms with Crippen LogP contribution in [-0.2, 0) is 16.5 Å². The first-order valence-corrected chi connectivity index (χ1v) is 11.4. The number of rotatable bonds is 12. The van der Waals surface area contributed by atoms with Crippen molar-refractivity contribution in [1.29, 1.82) is 0 Å². The maximum absolute atomic E-state index is 12.3. The third-order valence-corrected chi connectivity index (χ3v) is 5.59. The summed E-state index contributed by atoms with van der Waals surface area (Å²) in [5, 5.41) is 12.3. The van der Waals surface area contributed by atoms with Crippen LogP contribution in [0.25, 0.3) is 0 Å². The van der Waals surface area contributed by atoms with E-state index in [4.69, 9.17) is 9.29 Å². The van der Waals surface area contributed by atoms with Gasteiger partial charge >= 0.3 is 29.6 Å². The number of hydrogen-bond acceptors (Lipinski definition) is 4. The van der Waals surface area contributed by atoms with Crippen LogP contribution in [0.1, 0.15) is 63.9 Å². The van der Waals surface area contributed by atoms with Crippen molar-refractivity contribution in [2.75, 3.05) is 0 Å². The van der Waals surface area contributed by atoms with Gasteiger partial charge in [0.1, 0.15) is 11.5 Å². The third-order valence-electron chi connectivity index (χ3n) is 4.71. The molecule has 0 aromatic heterocycles. The summed E-state index contributed by atoms with van der Waals surface area (Å²) in [4.78, 5) is -0.675. The average Bonchev–Trinajstić information content (AvgIpc) is 2.66. The van der Waals surface area contributed by atoms with Crippen molar-refractivity contribution in [1.82, 2.24) is 0 Å². The fourth-order valence-corrected chi connectivity index (χ4v) is 3.74. The Morgan fingerprint density at radius 1 is 0.862 bits per heavy atom. The third kappa shape index (κ3) is 8.69. The summed E-state index contributed by atoms with van der Waals surface area (Å²) in [7, 11) is -4.58. The van der Waals surface area contributed by atoms with Gasteiger partial charge in [-0.3, -0.25) is 4.55 Å². The zero-order chi connectivity index (χ0) is 20.4. The molecule has 0 atom stereocenters. The Hall–Kier alpha value is -1.05. The van der Waals surface area contributed by atoms with Crippen LogP contribution in [0.2, 0.25) is 0 Å². The minimum absolute atomic E-state index is 0. The quantitative estimate of drug-likeness (QED) is 0.319. The summed E-state index contributed by atoms with van der Waals surface area (Å²) in [6, 6.07) is 11.3. The summed E-state index contributed by atoms with van der Waals surface area (Å²) in [6.45, 7) is 2.22. The topological polar surface area (TPSA) is 86.7 Å². The predicted octanol–water partition coefficient (Wildman–Crippen LogP) is 2.49. The van der Waals surface area contributed by atoms with E-state index in [0.29, 0.717) is 5.75 Å². The monoisotopic (exact) mass is 428 g/mol. The van der Waals surface area contributed by atoms with Crippen molar-refractivity contribution in [2.24, 2.45) is 0 Å². The van der Waals surface area contributed by atoms with Crippen LogP contribution >= 0.6 is 0 Å². The molecule has 2 aromatic carbocycles. The van der Waals surface area contributed by atoms with E-state index >= 15 is 0 Å². The molecule has 0 unspecified atom stereocenters. The fourth-order valence-electron chi connectivity index (χ4n) is 3.16. The van der Waals surface area contributed by atoms with Crippen molar-refractivity contribution in [3.8, 4) is 17.2 Å². The maximum Gasteiger partial charge on any atom is 1.00 e. The predicted molar refractivity (Wildman–Crippen MR) is 109 cm³/mol. The van der Waals surface area contributed by atoms with E-state index in [9.17, 15) is 13.5 Å². The molecule has 5 nitrogen and oxygen atoms in total. The van der Waals surface area contributed by atoms with E-state index in [0.717, 1.165) is 30.9 Å². The molecule has 7 heteroatoms. The van der Waals surface area contributed by atoms with Crippen molar-refractivity contribution >= 4 is 10.1 Å².